The highest BCUT2D eigenvalue weighted by Gasteiger charge is 2.34. The van der Waals surface area contributed by atoms with Crippen molar-refractivity contribution in [1.29, 1.82) is 0 Å². The Morgan fingerprint density at radius 3 is 2.16 bits per heavy atom. The SMILES string of the molecule is O=S(=O)(NC(CO)(CO)CO)c1ccc(Cl)c(Br)c1. The van der Waals surface area contributed by atoms with Gasteiger partial charge in [-0.2, -0.15) is 4.72 Å². The number of nitrogens with one attached hydrogen (secondary N) is 1. The third-order valence-corrected chi connectivity index (χ3v) is 5.25. The second-order valence-electron chi connectivity index (χ2n) is 3.94. The maximum Gasteiger partial charge on any atom is 0.241 e. The van der Waals surface area contributed by atoms with Crippen LogP contribution in [0.15, 0.2) is 27.6 Å². The van der Waals surface area contributed by atoms with E-state index in [2.05, 4.69) is 20.7 Å². The van der Waals surface area contributed by atoms with Gasteiger partial charge in [-0.05, 0) is 34.1 Å². The molecule has 0 saturated carbocycles. The number of sulfonamides is 1. The Morgan fingerprint density at radius 2 is 1.74 bits per heavy atom. The van der Waals surface area contributed by atoms with Gasteiger partial charge in [-0.25, -0.2) is 8.42 Å². The summed E-state index contributed by atoms with van der Waals surface area (Å²) < 4.78 is 26.6. The zero-order valence-corrected chi connectivity index (χ0v) is 12.8. The van der Waals surface area contributed by atoms with E-state index in [1.807, 2.05) is 0 Å². The highest BCUT2D eigenvalue weighted by molar-refractivity contribution is 9.10. The number of halogens is 2. The lowest BCUT2D eigenvalue weighted by molar-refractivity contribution is 0.0582. The van der Waals surface area contributed by atoms with Crippen LogP contribution in [-0.4, -0.2) is 49.1 Å². The van der Waals surface area contributed by atoms with Crippen molar-refractivity contribution in [3.05, 3.63) is 27.7 Å². The third-order valence-electron chi connectivity index (χ3n) is 2.46. The van der Waals surface area contributed by atoms with Crippen LogP contribution in [0, 0.1) is 0 Å². The van der Waals surface area contributed by atoms with Crippen LogP contribution in [0.2, 0.25) is 5.02 Å². The zero-order chi connectivity index (χ0) is 14.7. The average molecular weight is 375 g/mol. The molecule has 0 unspecified atom stereocenters. The molecular weight excluding hydrogens is 362 g/mol. The number of rotatable bonds is 6. The molecule has 0 atom stereocenters. The minimum Gasteiger partial charge on any atom is -0.394 e. The largest absolute Gasteiger partial charge is 0.394 e. The first-order valence-corrected chi connectivity index (χ1v) is 7.77. The molecule has 0 aliphatic heterocycles. The molecule has 0 heterocycles. The summed E-state index contributed by atoms with van der Waals surface area (Å²) in [7, 11) is -4.01. The first-order valence-electron chi connectivity index (χ1n) is 5.12. The predicted octanol–water partition coefficient (Wildman–Crippen LogP) is 0.0965. The summed E-state index contributed by atoms with van der Waals surface area (Å²) in [6.07, 6.45) is 0. The maximum atomic E-state index is 12.1. The summed E-state index contributed by atoms with van der Waals surface area (Å²) in [4.78, 5) is -0.108. The molecule has 4 N–H and O–H groups in total. The van der Waals surface area contributed by atoms with E-state index >= 15 is 0 Å². The molecule has 1 aromatic rings. The van der Waals surface area contributed by atoms with Gasteiger partial charge in [0.05, 0.1) is 29.7 Å². The van der Waals surface area contributed by atoms with E-state index in [4.69, 9.17) is 26.9 Å². The fourth-order valence-electron chi connectivity index (χ4n) is 1.23. The van der Waals surface area contributed by atoms with Crippen molar-refractivity contribution in [3.63, 3.8) is 0 Å². The molecule has 108 valence electrons. The van der Waals surface area contributed by atoms with Crippen LogP contribution in [0.3, 0.4) is 0 Å². The third kappa shape index (κ3) is 3.88. The van der Waals surface area contributed by atoms with Crippen molar-refractivity contribution in [1.82, 2.24) is 4.72 Å². The van der Waals surface area contributed by atoms with Crippen LogP contribution in [0.5, 0.6) is 0 Å². The van der Waals surface area contributed by atoms with Crippen LogP contribution in [0.25, 0.3) is 0 Å². The fourth-order valence-corrected chi connectivity index (χ4v) is 3.28. The molecule has 6 nitrogen and oxygen atoms in total. The number of aliphatic hydroxyl groups excluding tert-OH is 3. The first-order chi connectivity index (χ1) is 8.80. The summed E-state index contributed by atoms with van der Waals surface area (Å²) in [6, 6.07) is 3.94. The van der Waals surface area contributed by atoms with Crippen molar-refractivity contribution >= 4 is 37.6 Å². The summed E-state index contributed by atoms with van der Waals surface area (Å²) in [5.41, 5.74) is -1.72. The molecule has 0 aromatic heterocycles. The summed E-state index contributed by atoms with van der Waals surface area (Å²) in [5, 5.41) is 27.7. The van der Waals surface area contributed by atoms with Gasteiger partial charge < -0.3 is 15.3 Å². The maximum absolute atomic E-state index is 12.1. The average Bonchev–Trinajstić information content (AvgIpc) is 2.39. The first kappa shape index (κ1) is 16.8. The monoisotopic (exact) mass is 373 g/mol. The quantitative estimate of drug-likeness (QED) is 0.565. The van der Waals surface area contributed by atoms with Gasteiger partial charge in [-0.3, -0.25) is 0 Å². The number of aliphatic hydroxyl groups is 3. The Bertz CT molecular complexity index is 539. The molecule has 0 radical (unpaired) electrons. The smallest absolute Gasteiger partial charge is 0.241 e. The van der Waals surface area contributed by atoms with Crippen molar-refractivity contribution < 1.29 is 23.7 Å². The molecule has 19 heavy (non-hydrogen) atoms. The molecule has 1 aromatic carbocycles. The van der Waals surface area contributed by atoms with Gasteiger partial charge in [0.25, 0.3) is 0 Å². The van der Waals surface area contributed by atoms with E-state index in [0.29, 0.717) is 9.50 Å². The molecule has 1 rings (SSSR count). The van der Waals surface area contributed by atoms with Gasteiger partial charge in [0.15, 0.2) is 0 Å². The Labute approximate surface area is 124 Å². The van der Waals surface area contributed by atoms with Crippen molar-refractivity contribution in [2.45, 2.75) is 10.4 Å². The number of hydrogen-bond acceptors (Lipinski definition) is 5. The molecule has 0 aliphatic carbocycles. The fraction of sp³-hybridized carbons (Fsp3) is 0.400. The second-order valence-corrected chi connectivity index (χ2v) is 6.88. The van der Waals surface area contributed by atoms with Crippen molar-refractivity contribution in [2.24, 2.45) is 0 Å². The molecule has 9 heteroatoms. The predicted molar refractivity (Wildman–Crippen MR) is 73.5 cm³/mol. The normalized spacial score (nSPS) is 12.7. The molecule has 0 aliphatic rings. The summed E-state index contributed by atoms with van der Waals surface area (Å²) in [6.45, 7) is -2.23. The highest BCUT2D eigenvalue weighted by atomic mass is 79.9. The van der Waals surface area contributed by atoms with E-state index in [9.17, 15) is 8.42 Å². The molecule has 0 fully saturated rings. The molecule has 0 bridgehead atoms. The highest BCUT2D eigenvalue weighted by Crippen LogP contribution is 2.25. The van der Waals surface area contributed by atoms with E-state index < -0.39 is 35.4 Å². The van der Waals surface area contributed by atoms with Gasteiger partial charge in [0.2, 0.25) is 10.0 Å². The van der Waals surface area contributed by atoms with Gasteiger partial charge >= 0.3 is 0 Å². The van der Waals surface area contributed by atoms with Crippen LogP contribution in [0.4, 0.5) is 0 Å². The minimum absolute atomic E-state index is 0.108. The topological polar surface area (TPSA) is 107 Å². The molecule has 0 spiro atoms. The van der Waals surface area contributed by atoms with Crippen LogP contribution in [0.1, 0.15) is 0 Å². The van der Waals surface area contributed by atoms with E-state index in [1.54, 1.807) is 0 Å². The summed E-state index contributed by atoms with van der Waals surface area (Å²) in [5.74, 6) is 0. The van der Waals surface area contributed by atoms with Gasteiger partial charge in [-0.15, -0.1) is 0 Å². The van der Waals surface area contributed by atoms with Gasteiger partial charge in [0, 0.05) is 4.47 Å². The minimum atomic E-state index is -4.01. The number of benzene rings is 1. The van der Waals surface area contributed by atoms with Crippen LogP contribution in [-0.2, 0) is 10.0 Å². The molecule has 0 saturated heterocycles. The Morgan fingerprint density at radius 1 is 1.21 bits per heavy atom. The Kier molecular flexibility index (Phi) is 5.75. The lowest BCUT2D eigenvalue weighted by Gasteiger charge is -2.28. The Hall–Kier alpha value is -0.220. The van der Waals surface area contributed by atoms with Gasteiger partial charge in [-0.1, -0.05) is 11.6 Å². The summed E-state index contributed by atoms with van der Waals surface area (Å²) >= 11 is 8.86. The standard InChI is InChI=1S/C10H13BrClNO5S/c11-8-3-7(1-2-9(8)12)19(17,18)13-10(4-14,5-15)6-16/h1-3,13-16H,4-6H2. The van der Waals surface area contributed by atoms with Gasteiger partial charge in [0.1, 0.15) is 5.54 Å². The Balaban J connectivity index is 3.14. The lowest BCUT2D eigenvalue weighted by atomic mass is 10.1. The number of hydrogen-bond donors (Lipinski definition) is 4. The second kappa shape index (κ2) is 6.49. The lowest BCUT2D eigenvalue weighted by Crippen LogP contribution is -2.56. The molecule has 0 amide bonds. The van der Waals surface area contributed by atoms with Crippen LogP contribution < -0.4 is 4.72 Å². The van der Waals surface area contributed by atoms with E-state index in [-0.39, 0.29) is 4.90 Å². The van der Waals surface area contributed by atoms with E-state index in [1.165, 1.54) is 18.2 Å². The van der Waals surface area contributed by atoms with E-state index in [0.717, 1.165) is 0 Å². The molecular formula is C10H13BrClNO5S. The zero-order valence-electron chi connectivity index (χ0n) is 9.68. The van der Waals surface area contributed by atoms with Crippen molar-refractivity contribution in [2.75, 3.05) is 19.8 Å². The van der Waals surface area contributed by atoms with Crippen molar-refractivity contribution in [3.8, 4) is 0 Å². The van der Waals surface area contributed by atoms with Crippen LogP contribution >= 0.6 is 27.5 Å².